The van der Waals surface area contributed by atoms with E-state index in [4.69, 9.17) is 5.11 Å². The number of fused-ring (bicyclic) bond motifs is 1. The topological polar surface area (TPSA) is 57.6 Å². The zero-order valence-electron chi connectivity index (χ0n) is 7.90. The Balaban J connectivity index is 2.65. The Morgan fingerprint density at radius 1 is 1.47 bits per heavy atom. The minimum absolute atomic E-state index is 0.0948. The molecule has 5 heteroatoms. The molecular formula is C10H8FNO3. The zero-order chi connectivity index (χ0) is 11.2. The molecule has 0 aliphatic carbocycles. The number of alkyl halides is 1. The number of benzene rings is 1. The molecule has 78 valence electrons. The average molecular weight is 209 g/mol. The minimum Gasteiger partial charge on any atom is -0.465 e. The summed E-state index contributed by atoms with van der Waals surface area (Å²) in [7, 11) is 0. The van der Waals surface area contributed by atoms with Gasteiger partial charge >= 0.3 is 6.09 Å². The van der Waals surface area contributed by atoms with Crippen molar-refractivity contribution in [1.82, 2.24) is 4.90 Å². The third-order valence-electron chi connectivity index (χ3n) is 2.46. The number of hydrogen-bond acceptors (Lipinski definition) is 2. The summed E-state index contributed by atoms with van der Waals surface area (Å²) in [4.78, 5) is 22.5. The first-order valence-corrected chi connectivity index (χ1v) is 4.32. The van der Waals surface area contributed by atoms with Gasteiger partial charge in [-0.15, -0.1) is 0 Å². The van der Waals surface area contributed by atoms with Crippen molar-refractivity contribution < 1.29 is 19.1 Å². The van der Waals surface area contributed by atoms with Gasteiger partial charge in [0.2, 0.25) is 5.79 Å². The Morgan fingerprint density at radius 3 is 2.60 bits per heavy atom. The van der Waals surface area contributed by atoms with Gasteiger partial charge in [0.1, 0.15) is 0 Å². The maximum Gasteiger partial charge on any atom is 0.417 e. The van der Waals surface area contributed by atoms with E-state index in [9.17, 15) is 14.0 Å². The first-order valence-electron chi connectivity index (χ1n) is 4.32. The largest absolute Gasteiger partial charge is 0.465 e. The molecule has 1 unspecified atom stereocenters. The molecule has 1 aliphatic rings. The Labute approximate surface area is 84.9 Å². The molecule has 0 aromatic heterocycles. The van der Waals surface area contributed by atoms with Crippen LogP contribution in [-0.2, 0) is 5.79 Å². The van der Waals surface area contributed by atoms with Crippen LogP contribution in [-0.4, -0.2) is 22.0 Å². The van der Waals surface area contributed by atoms with Crippen molar-refractivity contribution in [3.05, 3.63) is 35.4 Å². The molecule has 0 bridgehead atoms. The molecule has 0 radical (unpaired) electrons. The van der Waals surface area contributed by atoms with Crippen LogP contribution < -0.4 is 0 Å². The van der Waals surface area contributed by atoms with Crippen LogP contribution in [0.3, 0.4) is 0 Å². The van der Waals surface area contributed by atoms with Gasteiger partial charge in [-0.2, -0.15) is 0 Å². The summed E-state index contributed by atoms with van der Waals surface area (Å²) in [5.41, 5.74) is 0.197. The number of nitrogens with zero attached hydrogens (tertiary/aromatic N) is 1. The van der Waals surface area contributed by atoms with Gasteiger partial charge in [-0.05, 0) is 13.0 Å². The number of carbonyl (C=O) groups excluding carboxylic acids is 1. The Bertz CT molecular complexity index is 456. The van der Waals surface area contributed by atoms with Crippen LogP contribution in [0, 0.1) is 0 Å². The lowest BCUT2D eigenvalue weighted by Gasteiger charge is -2.23. The molecule has 0 saturated carbocycles. The van der Waals surface area contributed by atoms with Gasteiger partial charge in [-0.25, -0.2) is 14.1 Å². The standard InChI is InChI=1S/C10H8FNO3/c1-10(11)7-5-3-2-4-6(7)8(13)12(10)9(14)15/h2-5H,1H3,(H,14,15). The van der Waals surface area contributed by atoms with Gasteiger partial charge in [0.05, 0.1) is 0 Å². The Morgan fingerprint density at radius 2 is 2.07 bits per heavy atom. The zero-order valence-corrected chi connectivity index (χ0v) is 7.90. The summed E-state index contributed by atoms with van der Waals surface area (Å²) in [6.45, 7) is 1.06. The number of halogens is 1. The van der Waals surface area contributed by atoms with Crippen molar-refractivity contribution in [1.29, 1.82) is 0 Å². The van der Waals surface area contributed by atoms with Crippen molar-refractivity contribution in [3.63, 3.8) is 0 Å². The monoisotopic (exact) mass is 209 g/mol. The van der Waals surface area contributed by atoms with Crippen molar-refractivity contribution in [3.8, 4) is 0 Å². The number of rotatable bonds is 0. The molecule has 4 nitrogen and oxygen atoms in total. The van der Waals surface area contributed by atoms with E-state index in [1.54, 1.807) is 12.1 Å². The predicted octanol–water partition coefficient (Wildman–Crippen LogP) is 1.96. The lowest BCUT2D eigenvalue weighted by molar-refractivity contribution is 0.00955. The maximum absolute atomic E-state index is 14.1. The second-order valence-electron chi connectivity index (χ2n) is 3.42. The fourth-order valence-corrected chi connectivity index (χ4v) is 1.77. The minimum atomic E-state index is -2.28. The first kappa shape index (κ1) is 9.64. The van der Waals surface area contributed by atoms with E-state index in [1.807, 2.05) is 0 Å². The van der Waals surface area contributed by atoms with Crippen LogP contribution in [0.2, 0.25) is 0 Å². The molecule has 1 aromatic rings. The highest BCUT2D eigenvalue weighted by Gasteiger charge is 2.50. The molecule has 1 aliphatic heterocycles. The highest BCUT2D eigenvalue weighted by molar-refractivity contribution is 6.07. The van der Waals surface area contributed by atoms with Gasteiger partial charge in [0.25, 0.3) is 5.91 Å². The van der Waals surface area contributed by atoms with E-state index >= 15 is 0 Å². The summed E-state index contributed by atoms with van der Waals surface area (Å²) in [5, 5.41) is 8.76. The molecular weight excluding hydrogens is 201 g/mol. The molecule has 15 heavy (non-hydrogen) atoms. The molecule has 2 rings (SSSR count). The van der Waals surface area contributed by atoms with Gasteiger partial charge in [0, 0.05) is 11.1 Å². The van der Waals surface area contributed by atoms with Gasteiger partial charge in [-0.3, -0.25) is 4.79 Å². The molecule has 0 fully saturated rings. The third-order valence-corrected chi connectivity index (χ3v) is 2.46. The molecule has 0 saturated heterocycles. The smallest absolute Gasteiger partial charge is 0.417 e. The van der Waals surface area contributed by atoms with Gasteiger partial charge < -0.3 is 5.11 Å². The SMILES string of the molecule is CC1(F)c2ccccc2C(=O)N1C(=O)O. The number of amides is 2. The average Bonchev–Trinajstić information content (AvgIpc) is 2.36. The fourth-order valence-electron chi connectivity index (χ4n) is 1.77. The van der Waals surface area contributed by atoms with Gasteiger partial charge in [0.15, 0.2) is 0 Å². The summed E-state index contributed by atoms with van der Waals surface area (Å²) < 4.78 is 14.1. The second kappa shape index (κ2) is 2.79. The van der Waals surface area contributed by atoms with E-state index in [-0.39, 0.29) is 16.0 Å². The molecule has 0 spiro atoms. The van der Waals surface area contributed by atoms with Crippen molar-refractivity contribution in [2.45, 2.75) is 12.7 Å². The van der Waals surface area contributed by atoms with Crippen molar-refractivity contribution in [2.24, 2.45) is 0 Å². The fraction of sp³-hybridized carbons (Fsp3) is 0.200. The first-order chi connectivity index (χ1) is 6.96. The lowest BCUT2D eigenvalue weighted by atomic mass is 10.0. The highest BCUT2D eigenvalue weighted by Crippen LogP contribution is 2.39. The van der Waals surface area contributed by atoms with Crippen LogP contribution in [0.1, 0.15) is 22.8 Å². The van der Waals surface area contributed by atoms with Crippen LogP contribution >= 0.6 is 0 Å². The Hall–Kier alpha value is -1.91. The summed E-state index contributed by atoms with van der Waals surface area (Å²) in [5.74, 6) is -3.09. The molecule has 1 atom stereocenters. The highest BCUT2D eigenvalue weighted by atomic mass is 19.1. The molecule has 1 aromatic carbocycles. The number of carboxylic acid groups (broad SMARTS) is 1. The molecule has 1 N–H and O–H groups in total. The van der Waals surface area contributed by atoms with Gasteiger partial charge in [-0.1, -0.05) is 18.2 Å². The van der Waals surface area contributed by atoms with Crippen LogP contribution in [0.25, 0.3) is 0 Å². The molecule has 2 amide bonds. The van der Waals surface area contributed by atoms with Crippen LogP contribution in [0.4, 0.5) is 9.18 Å². The molecule has 1 heterocycles. The third kappa shape index (κ3) is 1.12. The van der Waals surface area contributed by atoms with E-state index in [1.165, 1.54) is 12.1 Å². The van der Waals surface area contributed by atoms with E-state index in [0.717, 1.165) is 6.92 Å². The maximum atomic E-state index is 14.1. The van der Waals surface area contributed by atoms with Crippen LogP contribution in [0.15, 0.2) is 24.3 Å². The van der Waals surface area contributed by atoms with E-state index < -0.39 is 17.8 Å². The second-order valence-corrected chi connectivity index (χ2v) is 3.42. The normalized spacial score (nSPS) is 24.1. The quantitative estimate of drug-likeness (QED) is 0.664. The van der Waals surface area contributed by atoms with E-state index in [0.29, 0.717) is 0 Å². The van der Waals surface area contributed by atoms with Crippen LogP contribution in [0.5, 0.6) is 0 Å². The summed E-state index contributed by atoms with van der Waals surface area (Å²) in [6.07, 6.45) is -1.58. The number of imide groups is 1. The number of hydrogen-bond donors (Lipinski definition) is 1. The number of carbonyl (C=O) groups is 2. The predicted molar refractivity (Wildman–Crippen MR) is 49.1 cm³/mol. The Kier molecular flexibility index (Phi) is 1.79. The van der Waals surface area contributed by atoms with E-state index in [2.05, 4.69) is 0 Å². The van der Waals surface area contributed by atoms with Crippen molar-refractivity contribution >= 4 is 12.0 Å². The summed E-state index contributed by atoms with van der Waals surface area (Å²) in [6, 6.07) is 5.96. The summed E-state index contributed by atoms with van der Waals surface area (Å²) >= 11 is 0. The lowest BCUT2D eigenvalue weighted by Crippen LogP contribution is -2.41. The van der Waals surface area contributed by atoms with Crippen molar-refractivity contribution in [2.75, 3.05) is 0 Å².